The van der Waals surface area contributed by atoms with Crippen LogP contribution in [0.15, 0.2) is 66.7 Å². The van der Waals surface area contributed by atoms with Crippen LogP contribution in [-0.4, -0.2) is 26.9 Å². The molecule has 0 radical (unpaired) electrons. The van der Waals surface area contributed by atoms with Crippen molar-refractivity contribution >= 4 is 23.3 Å². The minimum absolute atomic E-state index is 0.0124. The zero-order valence-corrected chi connectivity index (χ0v) is 15.5. The molecule has 0 heterocycles. The average molecular weight is 424 g/mol. The molecule has 0 spiro atoms. The molecule has 1 N–H and O–H groups in total. The second kappa shape index (κ2) is 8.69. The van der Waals surface area contributed by atoms with Crippen molar-refractivity contribution in [1.82, 2.24) is 0 Å². The summed E-state index contributed by atoms with van der Waals surface area (Å²) in [4.78, 5) is 44.8. The van der Waals surface area contributed by atoms with Crippen molar-refractivity contribution in [2.75, 3.05) is 0 Å². The van der Waals surface area contributed by atoms with Gasteiger partial charge in [-0.25, -0.2) is 9.59 Å². The van der Waals surface area contributed by atoms with E-state index in [0.717, 1.165) is 24.3 Å². The molecule has 11 heteroatoms. The number of hydrogen-bond acceptors (Lipinski definition) is 9. The van der Waals surface area contributed by atoms with Crippen molar-refractivity contribution in [1.29, 1.82) is 0 Å². The molecule has 0 aliphatic rings. The van der Waals surface area contributed by atoms with Crippen LogP contribution in [0.25, 0.3) is 0 Å². The van der Waals surface area contributed by atoms with E-state index < -0.39 is 33.3 Å². The Morgan fingerprint density at radius 1 is 0.710 bits per heavy atom. The van der Waals surface area contributed by atoms with Gasteiger partial charge in [-0.05, 0) is 36.4 Å². The van der Waals surface area contributed by atoms with Crippen LogP contribution in [0.5, 0.6) is 17.2 Å². The smallest absolute Gasteiger partial charge is 0.343 e. The molecule has 31 heavy (non-hydrogen) atoms. The Morgan fingerprint density at radius 3 is 1.61 bits per heavy atom. The van der Waals surface area contributed by atoms with Crippen molar-refractivity contribution in [3.63, 3.8) is 0 Å². The minimum Gasteiger partial charge on any atom is -0.504 e. The number of nitrogens with zero attached hydrogens (tertiary/aromatic N) is 2. The minimum atomic E-state index is -0.955. The number of hydrogen-bond donors (Lipinski definition) is 1. The third-order valence-electron chi connectivity index (χ3n) is 3.98. The molecule has 0 saturated heterocycles. The van der Waals surface area contributed by atoms with Crippen LogP contribution in [0.2, 0.25) is 0 Å². The van der Waals surface area contributed by atoms with Crippen LogP contribution in [0.3, 0.4) is 0 Å². The number of aromatic hydroxyl groups is 1. The molecule has 0 atom stereocenters. The first-order chi connectivity index (χ1) is 14.8. The number of nitro benzene ring substituents is 2. The molecule has 0 saturated carbocycles. The average Bonchev–Trinajstić information content (AvgIpc) is 2.76. The predicted molar refractivity (Wildman–Crippen MR) is 104 cm³/mol. The monoisotopic (exact) mass is 424 g/mol. The van der Waals surface area contributed by atoms with Crippen molar-refractivity contribution in [2.24, 2.45) is 0 Å². The maximum Gasteiger partial charge on any atom is 0.343 e. The molecule has 0 amide bonds. The van der Waals surface area contributed by atoms with Gasteiger partial charge < -0.3 is 14.6 Å². The maximum absolute atomic E-state index is 12.3. The first-order valence-electron chi connectivity index (χ1n) is 8.51. The van der Waals surface area contributed by atoms with Crippen molar-refractivity contribution in [2.45, 2.75) is 0 Å². The van der Waals surface area contributed by atoms with Gasteiger partial charge in [0.05, 0.1) is 21.0 Å². The van der Waals surface area contributed by atoms with E-state index in [0.29, 0.717) is 0 Å². The van der Waals surface area contributed by atoms with Gasteiger partial charge in [0.2, 0.25) is 5.75 Å². The lowest BCUT2D eigenvalue weighted by molar-refractivity contribution is -0.385. The van der Waals surface area contributed by atoms with E-state index in [-0.39, 0.29) is 28.3 Å². The van der Waals surface area contributed by atoms with Gasteiger partial charge in [-0.15, -0.1) is 0 Å². The number of rotatable bonds is 6. The van der Waals surface area contributed by atoms with Gasteiger partial charge in [-0.3, -0.25) is 20.2 Å². The summed E-state index contributed by atoms with van der Waals surface area (Å²) in [6.45, 7) is 0. The van der Waals surface area contributed by atoms with Gasteiger partial charge in [0.25, 0.3) is 11.4 Å². The first-order valence-corrected chi connectivity index (χ1v) is 8.51. The summed E-state index contributed by atoms with van der Waals surface area (Å²) >= 11 is 0. The quantitative estimate of drug-likeness (QED) is 0.270. The standard InChI is InChI=1S/C20H12N2O9/c23-16-2-1-3-17(30-19(24)12-4-8-14(9-5-12)21(26)27)18(16)31-20(25)13-6-10-15(11-7-13)22(28)29/h1-11,23H. The largest absolute Gasteiger partial charge is 0.504 e. The molecule has 3 aromatic rings. The number of phenols is 1. The summed E-state index contributed by atoms with van der Waals surface area (Å²) in [5.74, 6) is -3.08. The van der Waals surface area contributed by atoms with Crippen molar-refractivity contribution in [3.8, 4) is 17.2 Å². The Kier molecular flexibility index (Phi) is 5.87. The van der Waals surface area contributed by atoms with Crippen molar-refractivity contribution < 1.29 is 34.0 Å². The van der Waals surface area contributed by atoms with E-state index in [2.05, 4.69) is 0 Å². The first kappa shape index (κ1) is 20.9. The molecule has 3 rings (SSSR count). The number of phenolic OH excluding ortho intramolecular Hbond substituents is 1. The summed E-state index contributed by atoms with van der Waals surface area (Å²) in [5.41, 5.74) is -0.494. The third kappa shape index (κ3) is 4.79. The van der Waals surface area contributed by atoms with Gasteiger partial charge in [0, 0.05) is 24.3 Å². The molecule has 0 bridgehead atoms. The number of ether oxygens (including phenoxy) is 2. The number of esters is 2. The predicted octanol–water partition coefficient (Wildman–Crippen LogP) is 3.65. The molecule has 3 aromatic carbocycles. The van der Waals surface area contributed by atoms with E-state index >= 15 is 0 Å². The normalized spacial score (nSPS) is 10.2. The van der Waals surface area contributed by atoms with Crippen LogP contribution in [-0.2, 0) is 0 Å². The molecule has 0 aromatic heterocycles. The van der Waals surface area contributed by atoms with Gasteiger partial charge in [-0.1, -0.05) is 6.07 Å². The summed E-state index contributed by atoms with van der Waals surface area (Å²) in [7, 11) is 0. The lowest BCUT2D eigenvalue weighted by atomic mass is 10.2. The summed E-state index contributed by atoms with van der Waals surface area (Å²) in [6.07, 6.45) is 0. The number of carbonyl (C=O) groups is 2. The van der Waals surface area contributed by atoms with Gasteiger partial charge in [-0.2, -0.15) is 0 Å². The zero-order chi connectivity index (χ0) is 22.5. The number of carbonyl (C=O) groups excluding carboxylic acids is 2. The fourth-order valence-electron chi connectivity index (χ4n) is 2.44. The molecule has 11 nitrogen and oxygen atoms in total. The Bertz CT molecular complexity index is 1170. The summed E-state index contributed by atoms with van der Waals surface area (Å²) < 4.78 is 10.3. The Labute approximate surface area is 173 Å². The number of benzene rings is 3. The Morgan fingerprint density at radius 2 is 1.16 bits per heavy atom. The second-order valence-corrected chi connectivity index (χ2v) is 5.99. The number of non-ortho nitro benzene ring substituents is 2. The SMILES string of the molecule is O=C(Oc1cccc(O)c1OC(=O)c1ccc([N+](=O)[O-])cc1)c1ccc([N+](=O)[O-])cc1. The second-order valence-electron chi connectivity index (χ2n) is 5.99. The highest BCUT2D eigenvalue weighted by molar-refractivity contribution is 5.93. The summed E-state index contributed by atoms with van der Waals surface area (Å²) in [6, 6.07) is 13.0. The van der Waals surface area contributed by atoms with E-state index in [9.17, 15) is 34.9 Å². The van der Waals surface area contributed by atoms with E-state index in [1.807, 2.05) is 0 Å². The van der Waals surface area contributed by atoms with Crippen LogP contribution in [0.1, 0.15) is 20.7 Å². The van der Waals surface area contributed by atoms with Crippen LogP contribution < -0.4 is 9.47 Å². The topological polar surface area (TPSA) is 159 Å². The fraction of sp³-hybridized carbons (Fsp3) is 0. The Balaban J connectivity index is 1.81. The lowest BCUT2D eigenvalue weighted by Gasteiger charge is -2.12. The van der Waals surface area contributed by atoms with Crippen LogP contribution in [0, 0.1) is 20.2 Å². The third-order valence-corrected chi connectivity index (χ3v) is 3.98. The highest BCUT2D eigenvalue weighted by Crippen LogP contribution is 2.37. The molecular weight excluding hydrogens is 412 g/mol. The fourth-order valence-corrected chi connectivity index (χ4v) is 2.44. The highest BCUT2D eigenvalue weighted by atomic mass is 16.6. The van der Waals surface area contributed by atoms with E-state index in [4.69, 9.17) is 9.47 Å². The Hall–Kier alpha value is -4.80. The van der Waals surface area contributed by atoms with Gasteiger partial charge in [0.15, 0.2) is 11.5 Å². The van der Waals surface area contributed by atoms with Gasteiger partial charge >= 0.3 is 11.9 Å². The van der Waals surface area contributed by atoms with Crippen molar-refractivity contribution in [3.05, 3.63) is 98.1 Å². The molecule has 0 unspecified atom stereocenters. The summed E-state index contributed by atoms with van der Waals surface area (Å²) in [5, 5.41) is 31.5. The lowest BCUT2D eigenvalue weighted by Crippen LogP contribution is -2.12. The van der Waals surface area contributed by atoms with E-state index in [1.165, 1.54) is 42.5 Å². The van der Waals surface area contributed by atoms with Gasteiger partial charge in [0.1, 0.15) is 0 Å². The van der Waals surface area contributed by atoms with Crippen LogP contribution in [0.4, 0.5) is 11.4 Å². The molecular formula is C20H12N2O9. The van der Waals surface area contributed by atoms with Crippen LogP contribution >= 0.6 is 0 Å². The number of para-hydroxylation sites is 1. The highest BCUT2D eigenvalue weighted by Gasteiger charge is 2.20. The molecule has 156 valence electrons. The zero-order valence-electron chi connectivity index (χ0n) is 15.5. The number of nitro groups is 2. The molecule has 0 aliphatic carbocycles. The molecule has 0 fully saturated rings. The maximum atomic E-state index is 12.3. The molecule has 0 aliphatic heterocycles. The van der Waals surface area contributed by atoms with E-state index in [1.54, 1.807) is 0 Å².